The summed E-state index contributed by atoms with van der Waals surface area (Å²) < 4.78 is 2.38. The van der Waals surface area contributed by atoms with Gasteiger partial charge in [0.25, 0.3) is 0 Å². The number of para-hydroxylation sites is 6. The molecule has 0 saturated carbocycles. The summed E-state index contributed by atoms with van der Waals surface area (Å²) in [4.78, 5) is 7.31. The average Bonchev–Trinajstić information content (AvgIpc) is 3.88. The minimum atomic E-state index is 0.190. The molecule has 0 fully saturated rings. The molecule has 0 bridgehead atoms. The first-order valence-corrected chi connectivity index (χ1v) is 22.1. The summed E-state index contributed by atoms with van der Waals surface area (Å²) in [5.41, 5.74) is 17.9. The standard InChI is InChI=1S/C60H44N4/c1-5-17-45(18-6-1)61(51-37-39-55-53-25-13-15-27-57(53)63(59(55)41-51)47-21-9-3-10-22-47)49-33-29-43(30-34-49)44-31-35-50(36-32-44)62(46-19-7-2-8-20-46)52-38-40-56-54-26-14-16-28-58(54)64(60(56)42-52)48-23-11-4-12-24-48/h1-41,60H,42H2. The smallest absolute Gasteiger partial charge is 0.0653 e. The molecule has 0 N–H and O–H groups in total. The van der Waals surface area contributed by atoms with E-state index in [1.807, 2.05) is 0 Å². The third-order valence-electron chi connectivity index (χ3n) is 12.9. The molecule has 10 aromatic rings. The third-order valence-corrected chi connectivity index (χ3v) is 12.9. The maximum atomic E-state index is 2.52. The van der Waals surface area contributed by atoms with Crippen molar-refractivity contribution in [3.05, 3.63) is 260 Å². The fourth-order valence-corrected chi connectivity index (χ4v) is 9.98. The molecule has 1 atom stereocenters. The van der Waals surface area contributed by atoms with Gasteiger partial charge in [-0.3, -0.25) is 0 Å². The fraction of sp³-hybridized carbons (Fsp3) is 0.0333. The number of hydrogen-bond acceptors (Lipinski definition) is 3. The molecule has 4 nitrogen and oxygen atoms in total. The largest absolute Gasteiger partial charge is 0.333 e. The summed E-state index contributed by atoms with van der Waals surface area (Å²) in [6.07, 6.45) is 5.54. The SMILES string of the molecule is C1=C2c3ccccc3N(c3ccccc3)C2CC(N(c2ccccc2)c2ccc(-c3ccc(N(c4ccccc4)c4ccc5c6ccccc6n(-c6ccccc6)c5c4)cc3)cc2)=C1. The molecule has 9 aromatic carbocycles. The Morgan fingerprint density at radius 3 is 1.55 bits per heavy atom. The second-order valence-corrected chi connectivity index (χ2v) is 16.5. The van der Waals surface area contributed by atoms with Crippen molar-refractivity contribution in [2.75, 3.05) is 14.7 Å². The van der Waals surface area contributed by atoms with Gasteiger partial charge in [0, 0.05) is 74.0 Å². The maximum Gasteiger partial charge on any atom is 0.0653 e. The number of rotatable bonds is 9. The molecular formula is C60H44N4. The Labute approximate surface area is 374 Å². The minimum Gasteiger partial charge on any atom is -0.333 e. The number of anilines is 7. The zero-order valence-electron chi connectivity index (χ0n) is 35.2. The summed E-state index contributed by atoms with van der Waals surface area (Å²) in [6.45, 7) is 0. The zero-order chi connectivity index (χ0) is 42.4. The van der Waals surface area contributed by atoms with Gasteiger partial charge in [-0.05, 0) is 120 Å². The Hall–Kier alpha value is -8.34. The Balaban J connectivity index is 0.882. The number of nitrogens with zero attached hydrogens (tertiary/aromatic N) is 4. The van der Waals surface area contributed by atoms with Gasteiger partial charge in [-0.15, -0.1) is 0 Å². The highest BCUT2D eigenvalue weighted by molar-refractivity contribution is 6.10. The predicted molar refractivity (Wildman–Crippen MR) is 269 cm³/mol. The van der Waals surface area contributed by atoms with E-state index in [1.165, 1.54) is 61.1 Å². The highest BCUT2D eigenvalue weighted by Gasteiger charge is 2.37. The van der Waals surface area contributed by atoms with Crippen LogP contribution in [-0.4, -0.2) is 10.6 Å². The van der Waals surface area contributed by atoms with E-state index >= 15 is 0 Å². The normalized spacial score (nSPS) is 14.2. The zero-order valence-corrected chi connectivity index (χ0v) is 35.2. The molecule has 1 aliphatic carbocycles. The van der Waals surface area contributed by atoms with Crippen LogP contribution in [0.5, 0.6) is 0 Å². The molecule has 304 valence electrons. The summed E-state index contributed by atoms with van der Waals surface area (Å²) in [7, 11) is 0. The van der Waals surface area contributed by atoms with Crippen LogP contribution < -0.4 is 14.7 Å². The lowest BCUT2D eigenvalue weighted by Gasteiger charge is -2.35. The monoisotopic (exact) mass is 820 g/mol. The molecule has 64 heavy (non-hydrogen) atoms. The van der Waals surface area contributed by atoms with Crippen molar-refractivity contribution >= 4 is 67.2 Å². The third kappa shape index (κ3) is 6.47. The van der Waals surface area contributed by atoms with Crippen LogP contribution in [0.25, 0.3) is 44.2 Å². The lowest BCUT2D eigenvalue weighted by atomic mass is 9.93. The molecule has 0 amide bonds. The van der Waals surface area contributed by atoms with E-state index in [9.17, 15) is 0 Å². The fourth-order valence-electron chi connectivity index (χ4n) is 9.98. The van der Waals surface area contributed by atoms with Gasteiger partial charge in [-0.25, -0.2) is 0 Å². The lowest BCUT2D eigenvalue weighted by molar-refractivity contribution is 0.782. The topological polar surface area (TPSA) is 14.7 Å². The van der Waals surface area contributed by atoms with Crippen LogP contribution in [0.1, 0.15) is 12.0 Å². The van der Waals surface area contributed by atoms with Gasteiger partial charge in [0.15, 0.2) is 0 Å². The van der Waals surface area contributed by atoms with Crippen molar-refractivity contribution in [2.24, 2.45) is 0 Å². The van der Waals surface area contributed by atoms with E-state index in [0.717, 1.165) is 40.5 Å². The van der Waals surface area contributed by atoms with E-state index in [1.54, 1.807) is 0 Å². The highest BCUT2D eigenvalue weighted by atomic mass is 15.2. The molecule has 2 aliphatic rings. The maximum absolute atomic E-state index is 2.52. The van der Waals surface area contributed by atoms with Crippen molar-refractivity contribution in [1.29, 1.82) is 0 Å². The van der Waals surface area contributed by atoms with Crippen molar-refractivity contribution < 1.29 is 0 Å². The first-order valence-electron chi connectivity index (χ1n) is 22.1. The van der Waals surface area contributed by atoms with Gasteiger partial charge in [0.1, 0.15) is 0 Å². The average molecular weight is 821 g/mol. The Morgan fingerprint density at radius 2 is 0.875 bits per heavy atom. The van der Waals surface area contributed by atoms with Gasteiger partial charge < -0.3 is 19.3 Å². The van der Waals surface area contributed by atoms with E-state index in [4.69, 9.17) is 0 Å². The van der Waals surface area contributed by atoms with Crippen LogP contribution >= 0.6 is 0 Å². The summed E-state index contributed by atoms with van der Waals surface area (Å²) in [5.74, 6) is 0. The molecule has 1 aliphatic heterocycles. The molecule has 1 aromatic heterocycles. The van der Waals surface area contributed by atoms with Gasteiger partial charge in [-0.1, -0.05) is 146 Å². The van der Waals surface area contributed by atoms with E-state index in [0.29, 0.717) is 0 Å². The lowest BCUT2D eigenvalue weighted by Crippen LogP contribution is -2.31. The number of allylic oxidation sites excluding steroid dienone is 2. The molecule has 0 spiro atoms. The molecule has 1 unspecified atom stereocenters. The van der Waals surface area contributed by atoms with Crippen LogP contribution in [0, 0.1) is 0 Å². The van der Waals surface area contributed by atoms with Gasteiger partial charge in [-0.2, -0.15) is 0 Å². The van der Waals surface area contributed by atoms with Crippen molar-refractivity contribution in [1.82, 2.24) is 4.57 Å². The Morgan fingerprint density at radius 1 is 0.375 bits per heavy atom. The molecular weight excluding hydrogens is 777 g/mol. The van der Waals surface area contributed by atoms with Gasteiger partial charge in [0.05, 0.1) is 17.1 Å². The number of hydrogen-bond donors (Lipinski definition) is 0. The minimum absolute atomic E-state index is 0.190. The van der Waals surface area contributed by atoms with Gasteiger partial charge >= 0.3 is 0 Å². The number of fused-ring (bicyclic) bond motifs is 6. The number of aromatic nitrogens is 1. The summed E-state index contributed by atoms with van der Waals surface area (Å²) >= 11 is 0. The second kappa shape index (κ2) is 15.8. The van der Waals surface area contributed by atoms with E-state index < -0.39 is 0 Å². The van der Waals surface area contributed by atoms with Crippen molar-refractivity contribution in [2.45, 2.75) is 12.5 Å². The van der Waals surface area contributed by atoms with Crippen LogP contribution in [0.2, 0.25) is 0 Å². The predicted octanol–water partition coefficient (Wildman–Crippen LogP) is 16.0. The van der Waals surface area contributed by atoms with Crippen molar-refractivity contribution in [3.63, 3.8) is 0 Å². The van der Waals surface area contributed by atoms with Crippen molar-refractivity contribution in [3.8, 4) is 16.8 Å². The quantitative estimate of drug-likeness (QED) is 0.144. The highest BCUT2D eigenvalue weighted by Crippen LogP contribution is 2.50. The second-order valence-electron chi connectivity index (χ2n) is 16.5. The molecule has 12 rings (SSSR count). The molecule has 0 radical (unpaired) electrons. The number of benzene rings is 9. The first-order chi connectivity index (χ1) is 31.8. The van der Waals surface area contributed by atoms with Gasteiger partial charge in [0.2, 0.25) is 0 Å². The Kier molecular flexibility index (Phi) is 9.27. The first kappa shape index (κ1) is 37.4. The van der Waals surface area contributed by atoms with Crippen LogP contribution in [0.3, 0.4) is 0 Å². The molecule has 4 heteroatoms. The van der Waals surface area contributed by atoms with E-state index in [2.05, 4.69) is 268 Å². The van der Waals surface area contributed by atoms with E-state index in [-0.39, 0.29) is 6.04 Å². The summed E-state index contributed by atoms with van der Waals surface area (Å²) in [6, 6.07) is 85.6. The van der Waals surface area contributed by atoms with Crippen LogP contribution in [0.4, 0.5) is 39.8 Å². The summed E-state index contributed by atoms with van der Waals surface area (Å²) in [5, 5.41) is 2.48. The van der Waals surface area contributed by atoms with Crippen LogP contribution in [0.15, 0.2) is 254 Å². The molecule has 2 heterocycles. The Bertz CT molecular complexity index is 3340. The molecule has 0 saturated heterocycles. The van der Waals surface area contributed by atoms with Crippen LogP contribution in [-0.2, 0) is 0 Å².